The van der Waals surface area contributed by atoms with E-state index in [1.807, 2.05) is 28.8 Å². The summed E-state index contributed by atoms with van der Waals surface area (Å²) < 4.78 is 0.706. The molecule has 0 saturated carbocycles. The molecule has 2 rings (SSSR count). The molecule has 3 nitrogen and oxygen atoms in total. The number of carbonyl (C=O) groups is 1. The van der Waals surface area contributed by atoms with E-state index in [-0.39, 0.29) is 5.91 Å². The molecule has 0 bridgehead atoms. The number of carbonyl (C=O) groups excluding carboxylic acids is 1. The zero-order valence-electron chi connectivity index (χ0n) is 9.02. The van der Waals surface area contributed by atoms with Gasteiger partial charge in [-0.3, -0.25) is 4.79 Å². The van der Waals surface area contributed by atoms with Gasteiger partial charge in [-0.25, -0.2) is 4.98 Å². The highest BCUT2D eigenvalue weighted by Crippen LogP contribution is 2.18. The zero-order valence-corrected chi connectivity index (χ0v) is 11.4. The number of amides is 1. The Bertz CT molecular complexity index is 399. The molecule has 1 fully saturated rings. The van der Waals surface area contributed by atoms with Crippen LogP contribution < -0.4 is 0 Å². The minimum Gasteiger partial charge on any atom is -0.333 e. The van der Waals surface area contributed by atoms with Crippen LogP contribution in [0.1, 0.15) is 17.4 Å². The smallest absolute Gasteiger partial charge is 0.272 e. The molecule has 1 aliphatic rings. The highest BCUT2D eigenvalue weighted by Gasteiger charge is 2.25. The van der Waals surface area contributed by atoms with Crippen molar-refractivity contribution in [2.75, 3.05) is 18.1 Å². The summed E-state index contributed by atoms with van der Waals surface area (Å²) in [6.45, 7) is 2.90. The summed E-state index contributed by atoms with van der Waals surface area (Å²) in [7, 11) is 0. The fourth-order valence-electron chi connectivity index (χ4n) is 1.70. The predicted octanol–water partition coefficient (Wildman–Crippen LogP) is 2.42. The second kappa shape index (κ2) is 5.19. The van der Waals surface area contributed by atoms with Crippen LogP contribution in [0.15, 0.2) is 22.8 Å². The van der Waals surface area contributed by atoms with Crippen molar-refractivity contribution < 1.29 is 4.79 Å². The first kappa shape index (κ1) is 11.9. The van der Waals surface area contributed by atoms with Gasteiger partial charge >= 0.3 is 0 Å². The Hall–Kier alpha value is -0.550. The van der Waals surface area contributed by atoms with Crippen LogP contribution in [0.3, 0.4) is 0 Å². The van der Waals surface area contributed by atoms with Crippen LogP contribution in [0.25, 0.3) is 0 Å². The van der Waals surface area contributed by atoms with Crippen molar-refractivity contribution in [1.82, 2.24) is 9.88 Å². The molecule has 1 aromatic heterocycles. The number of aromatic nitrogens is 1. The van der Waals surface area contributed by atoms with E-state index < -0.39 is 0 Å². The SMILES string of the molecule is CC1CSCCN1C(=O)c1cccc(Br)n1. The number of rotatable bonds is 1. The van der Waals surface area contributed by atoms with Crippen molar-refractivity contribution in [2.24, 2.45) is 0 Å². The molecule has 0 radical (unpaired) electrons. The summed E-state index contributed by atoms with van der Waals surface area (Å²) in [4.78, 5) is 18.3. The first-order valence-electron chi connectivity index (χ1n) is 5.20. The minimum atomic E-state index is 0.0362. The van der Waals surface area contributed by atoms with E-state index in [0.29, 0.717) is 16.3 Å². The molecule has 1 aliphatic heterocycles. The van der Waals surface area contributed by atoms with E-state index in [0.717, 1.165) is 18.1 Å². The molecule has 1 unspecified atom stereocenters. The number of hydrogen-bond acceptors (Lipinski definition) is 3. The molecular weight excluding hydrogens is 288 g/mol. The highest BCUT2D eigenvalue weighted by atomic mass is 79.9. The van der Waals surface area contributed by atoms with Crippen molar-refractivity contribution in [3.8, 4) is 0 Å². The van der Waals surface area contributed by atoms with Crippen molar-refractivity contribution in [2.45, 2.75) is 13.0 Å². The lowest BCUT2D eigenvalue weighted by atomic mass is 10.2. The predicted molar refractivity (Wildman–Crippen MR) is 69.8 cm³/mol. The molecule has 1 saturated heterocycles. The number of pyridine rings is 1. The van der Waals surface area contributed by atoms with Gasteiger partial charge in [0.1, 0.15) is 10.3 Å². The van der Waals surface area contributed by atoms with Crippen molar-refractivity contribution >= 4 is 33.6 Å². The van der Waals surface area contributed by atoms with E-state index in [1.165, 1.54) is 0 Å². The summed E-state index contributed by atoms with van der Waals surface area (Å²) in [6.07, 6.45) is 0. The van der Waals surface area contributed by atoms with Gasteiger partial charge in [-0.15, -0.1) is 0 Å². The summed E-state index contributed by atoms with van der Waals surface area (Å²) in [6, 6.07) is 5.73. The number of nitrogens with zero attached hydrogens (tertiary/aromatic N) is 2. The average Bonchev–Trinajstić information content (AvgIpc) is 2.29. The highest BCUT2D eigenvalue weighted by molar-refractivity contribution is 9.10. The standard InChI is InChI=1S/C11H13BrN2OS/c1-8-7-16-6-5-14(8)11(15)9-3-2-4-10(12)13-9/h2-4,8H,5-7H2,1H3. The van der Waals surface area contributed by atoms with Gasteiger partial charge in [0.2, 0.25) is 0 Å². The van der Waals surface area contributed by atoms with Gasteiger partial charge in [0, 0.05) is 24.1 Å². The van der Waals surface area contributed by atoms with E-state index in [1.54, 1.807) is 6.07 Å². The van der Waals surface area contributed by atoms with Crippen LogP contribution >= 0.6 is 27.7 Å². The summed E-state index contributed by atoms with van der Waals surface area (Å²) in [5.74, 6) is 2.07. The van der Waals surface area contributed by atoms with Crippen LogP contribution in [0.4, 0.5) is 0 Å². The Balaban J connectivity index is 2.17. The second-order valence-electron chi connectivity index (χ2n) is 3.77. The van der Waals surface area contributed by atoms with Gasteiger partial charge in [-0.1, -0.05) is 6.07 Å². The van der Waals surface area contributed by atoms with Gasteiger partial charge in [0.05, 0.1) is 0 Å². The largest absolute Gasteiger partial charge is 0.333 e. The Morgan fingerprint density at radius 2 is 2.44 bits per heavy atom. The zero-order chi connectivity index (χ0) is 11.5. The van der Waals surface area contributed by atoms with Crippen LogP contribution in [0.5, 0.6) is 0 Å². The molecule has 2 heterocycles. The number of hydrogen-bond donors (Lipinski definition) is 0. The Labute approximate surface area is 108 Å². The van der Waals surface area contributed by atoms with Crippen molar-refractivity contribution in [3.05, 3.63) is 28.5 Å². The van der Waals surface area contributed by atoms with Crippen LogP contribution in [-0.2, 0) is 0 Å². The molecule has 0 aromatic carbocycles. The van der Waals surface area contributed by atoms with Gasteiger partial charge in [-0.2, -0.15) is 11.8 Å². The normalized spacial score (nSPS) is 20.9. The van der Waals surface area contributed by atoms with E-state index in [9.17, 15) is 4.79 Å². The monoisotopic (exact) mass is 300 g/mol. The fraction of sp³-hybridized carbons (Fsp3) is 0.455. The molecule has 0 N–H and O–H groups in total. The number of thioether (sulfide) groups is 1. The van der Waals surface area contributed by atoms with Crippen LogP contribution in [-0.4, -0.2) is 39.9 Å². The Morgan fingerprint density at radius 1 is 1.62 bits per heavy atom. The minimum absolute atomic E-state index is 0.0362. The van der Waals surface area contributed by atoms with Gasteiger partial charge in [-0.05, 0) is 35.0 Å². The third-order valence-corrected chi connectivity index (χ3v) is 4.19. The maximum Gasteiger partial charge on any atom is 0.272 e. The van der Waals surface area contributed by atoms with Crippen molar-refractivity contribution in [1.29, 1.82) is 0 Å². The van der Waals surface area contributed by atoms with E-state index >= 15 is 0 Å². The molecule has 86 valence electrons. The maximum atomic E-state index is 12.2. The lowest BCUT2D eigenvalue weighted by Crippen LogP contribution is -2.44. The quantitative estimate of drug-likeness (QED) is 0.747. The van der Waals surface area contributed by atoms with E-state index in [4.69, 9.17) is 0 Å². The van der Waals surface area contributed by atoms with Crippen LogP contribution in [0.2, 0.25) is 0 Å². The lowest BCUT2D eigenvalue weighted by molar-refractivity contribution is 0.0710. The molecule has 16 heavy (non-hydrogen) atoms. The fourth-order valence-corrected chi connectivity index (χ4v) is 3.06. The topological polar surface area (TPSA) is 33.2 Å². The third kappa shape index (κ3) is 2.58. The summed E-state index contributed by atoms with van der Waals surface area (Å²) in [5.41, 5.74) is 0.521. The first-order chi connectivity index (χ1) is 7.68. The summed E-state index contributed by atoms with van der Waals surface area (Å²) >= 11 is 5.18. The second-order valence-corrected chi connectivity index (χ2v) is 5.73. The Morgan fingerprint density at radius 3 is 3.12 bits per heavy atom. The average molecular weight is 301 g/mol. The molecule has 0 aliphatic carbocycles. The lowest BCUT2D eigenvalue weighted by Gasteiger charge is -2.32. The van der Waals surface area contributed by atoms with E-state index in [2.05, 4.69) is 27.8 Å². The third-order valence-electron chi connectivity index (χ3n) is 2.56. The van der Waals surface area contributed by atoms with Gasteiger partial charge in [0.25, 0.3) is 5.91 Å². The van der Waals surface area contributed by atoms with Gasteiger partial charge < -0.3 is 4.90 Å². The molecule has 5 heteroatoms. The first-order valence-corrected chi connectivity index (χ1v) is 7.14. The Kier molecular flexibility index (Phi) is 3.86. The van der Waals surface area contributed by atoms with Crippen LogP contribution in [0, 0.1) is 0 Å². The number of halogens is 1. The van der Waals surface area contributed by atoms with Crippen molar-refractivity contribution in [3.63, 3.8) is 0 Å². The maximum absolute atomic E-state index is 12.2. The molecule has 0 spiro atoms. The molecular formula is C11H13BrN2OS. The molecule has 1 aromatic rings. The molecule has 1 atom stereocenters. The molecule has 1 amide bonds. The summed E-state index contributed by atoms with van der Waals surface area (Å²) in [5, 5.41) is 0. The van der Waals surface area contributed by atoms with Gasteiger partial charge in [0.15, 0.2) is 0 Å².